The van der Waals surface area contributed by atoms with Crippen LogP contribution < -0.4 is 5.73 Å². The van der Waals surface area contributed by atoms with Gasteiger partial charge in [-0.2, -0.15) is 5.10 Å². The van der Waals surface area contributed by atoms with Gasteiger partial charge in [-0.15, -0.1) is 0 Å². The van der Waals surface area contributed by atoms with Gasteiger partial charge < -0.3 is 5.73 Å². The van der Waals surface area contributed by atoms with Crippen molar-refractivity contribution in [1.82, 2.24) is 9.78 Å². The molecule has 0 atom stereocenters. The first-order valence-electron chi connectivity index (χ1n) is 3.96. The van der Waals surface area contributed by atoms with Gasteiger partial charge in [-0.05, 0) is 6.92 Å². The molecule has 0 spiro atoms. The van der Waals surface area contributed by atoms with Gasteiger partial charge in [0.2, 0.25) is 0 Å². The van der Waals surface area contributed by atoms with Crippen molar-refractivity contribution in [3.05, 3.63) is 16.4 Å². The minimum atomic E-state index is -0.0371. The molecule has 0 unspecified atom stereocenters. The molecule has 1 heterocycles. The van der Waals surface area contributed by atoms with Crippen molar-refractivity contribution in [2.75, 3.05) is 6.54 Å². The fraction of sp³-hybridized carbons (Fsp3) is 0.500. The predicted molar refractivity (Wildman–Crippen MR) is 50.7 cm³/mol. The number of aryl methyl sites for hydroxylation is 2. The van der Waals surface area contributed by atoms with Gasteiger partial charge in [-0.1, -0.05) is 11.6 Å². The summed E-state index contributed by atoms with van der Waals surface area (Å²) < 4.78 is 1.62. The van der Waals surface area contributed by atoms with E-state index in [1.807, 2.05) is 0 Å². The average molecular weight is 202 g/mol. The highest BCUT2D eigenvalue weighted by molar-refractivity contribution is 6.32. The Morgan fingerprint density at radius 2 is 2.31 bits per heavy atom. The molecule has 0 saturated heterocycles. The average Bonchev–Trinajstić information content (AvgIpc) is 2.32. The second kappa shape index (κ2) is 3.89. The zero-order valence-corrected chi connectivity index (χ0v) is 8.43. The van der Waals surface area contributed by atoms with Crippen LogP contribution in [0.1, 0.15) is 11.4 Å². The number of aromatic nitrogens is 2. The van der Waals surface area contributed by atoms with Crippen molar-refractivity contribution in [1.29, 1.82) is 0 Å². The highest BCUT2D eigenvalue weighted by Gasteiger charge is 2.13. The van der Waals surface area contributed by atoms with Crippen LogP contribution in [0.25, 0.3) is 0 Å². The summed E-state index contributed by atoms with van der Waals surface area (Å²) >= 11 is 5.94. The highest BCUT2D eigenvalue weighted by atomic mass is 35.5. The van der Waals surface area contributed by atoms with E-state index in [1.165, 1.54) is 0 Å². The molecular formula is C8H12ClN3O. The quantitative estimate of drug-likeness (QED) is 0.773. The lowest BCUT2D eigenvalue weighted by Crippen LogP contribution is -2.17. The molecule has 4 nitrogen and oxygen atoms in total. The molecule has 0 bridgehead atoms. The van der Waals surface area contributed by atoms with Crippen molar-refractivity contribution < 1.29 is 4.79 Å². The van der Waals surface area contributed by atoms with Gasteiger partial charge in [0.1, 0.15) is 0 Å². The van der Waals surface area contributed by atoms with Crippen molar-refractivity contribution >= 4 is 17.4 Å². The first-order chi connectivity index (χ1) is 6.06. The molecule has 0 amide bonds. The molecule has 0 aromatic carbocycles. The second-order valence-electron chi connectivity index (χ2n) is 2.89. The van der Waals surface area contributed by atoms with E-state index >= 15 is 0 Å². The van der Waals surface area contributed by atoms with E-state index < -0.39 is 0 Å². The lowest BCUT2D eigenvalue weighted by Gasteiger charge is -1.99. The fourth-order valence-electron chi connectivity index (χ4n) is 1.13. The lowest BCUT2D eigenvalue weighted by atomic mass is 10.2. The van der Waals surface area contributed by atoms with Gasteiger partial charge in [-0.25, -0.2) is 0 Å². The number of hydrogen-bond donors (Lipinski definition) is 1. The van der Waals surface area contributed by atoms with Crippen molar-refractivity contribution in [2.45, 2.75) is 13.3 Å². The monoisotopic (exact) mass is 201 g/mol. The molecule has 72 valence electrons. The Morgan fingerprint density at radius 1 is 1.69 bits per heavy atom. The van der Waals surface area contributed by atoms with E-state index in [9.17, 15) is 4.79 Å². The van der Waals surface area contributed by atoms with Gasteiger partial charge >= 0.3 is 0 Å². The van der Waals surface area contributed by atoms with E-state index in [0.29, 0.717) is 5.02 Å². The van der Waals surface area contributed by atoms with Crippen LogP contribution in [0, 0.1) is 6.92 Å². The summed E-state index contributed by atoms with van der Waals surface area (Å²) in [5.41, 5.74) is 6.68. The Hall–Kier alpha value is -0.870. The first-order valence-corrected chi connectivity index (χ1v) is 4.33. The van der Waals surface area contributed by atoms with Crippen LogP contribution in [-0.4, -0.2) is 22.1 Å². The molecular weight excluding hydrogens is 190 g/mol. The van der Waals surface area contributed by atoms with Gasteiger partial charge in [0, 0.05) is 7.05 Å². The van der Waals surface area contributed by atoms with Gasteiger partial charge in [0.05, 0.1) is 29.4 Å². The molecule has 0 aliphatic heterocycles. The number of rotatable bonds is 3. The van der Waals surface area contributed by atoms with E-state index in [4.69, 9.17) is 17.3 Å². The van der Waals surface area contributed by atoms with Crippen molar-refractivity contribution in [2.24, 2.45) is 12.8 Å². The summed E-state index contributed by atoms with van der Waals surface area (Å²) in [5, 5.41) is 4.65. The van der Waals surface area contributed by atoms with Crippen molar-refractivity contribution in [3.63, 3.8) is 0 Å². The maximum Gasteiger partial charge on any atom is 0.152 e. The molecule has 1 aromatic rings. The fourth-order valence-corrected chi connectivity index (χ4v) is 1.36. The minimum Gasteiger partial charge on any atom is -0.324 e. The molecule has 0 fully saturated rings. The summed E-state index contributed by atoms with van der Waals surface area (Å²) in [5.74, 6) is -0.0371. The summed E-state index contributed by atoms with van der Waals surface area (Å²) in [6, 6.07) is 0. The van der Waals surface area contributed by atoms with E-state index in [2.05, 4.69) is 5.10 Å². The van der Waals surface area contributed by atoms with Crippen LogP contribution in [0.3, 0.4) is 0 Å². The normalized spacial score (nSPS) is 10.5. The Balaban J connectivity index is 2.94. The SMILES string of the molecule is Cc1nn(C)c(CC(=O)CN)c1Cl. The van der Waals surface area contributed by atoms with Crippen LogP contribution >= 0.6 is 11.6 Å². The smallest absolute Gasteiger partial charge is 0.152 e. The predicted octanol–water partition coefficient (Wildman–Crippen LogP) is 0.452. The van der Waals surface area contributed by atoms with Crippen LogP contribution in [-0.2, 0) is 18.3 Å². The Kier molecular flexibility index (Phi) is 3.06. The number of nitrogens with two attached hydrogens (primary N) is 1. The van der Waals surface area contributed by atoms with E-state index in [-0.39, 0.29) is 18.7 Å². The van der Waals surface area contributed by atoms with Gasteiger partial charge in [-0.3, -0.25) is 9.48 Å². The van der Waals surface area contributed by atoms with Crippen LogP contribution in [0.15, 0.2) is 0 Å². The molecule has 0 aliphatic carbocycles. The number of nitrogens with zero attached hydrogens (tertiary/aromatic N) is 2. The highest BCUT2D eigenvalue weighted by Crippen LogP contribution is 2.19. The molecule has 1 aromatic heterocycles. The molecule has 0 saturated carbocycles. The number of Topliss-reactive ketones (excluding diaryl/α,β-unsaturated/α-hetero) is 1. The van der Waals surface area contributed by atoms with E-state index in [1.54, 1.807) is 18.7 Å². The molecule has 0 aliphatic rings. The van der Waals surface area contributed by atoms with Crippen molar-refractivity contribution in [3.8, 4) is 0 Å². The summed E-state index contributed by atoms with van der Waals surface area (Å²) in [6.45, 7) is 1.85. The standard InChI is InChI=1S/C8H12ClN3O/c1-5-8(9)7(12(2)11-5)3-6(13)4-10/h3-4,10H2,1-2H3. The maximum absolute atomic E-state index is 11.1. The molecule has 5 heteroatoms. The van der Waals surface area contributed by atoms with E-state index in [0.717, 1.165) is 11.4 Å². The second-order valence-corrected chi connectivity index (χ2v) is 3.27. The summed E-state index contributed by atoms with van der Waals surface area (Å²) in [7, 11) is 1.76. The van der Waals surface area contributed by atoms with Gasteiger partial charge in [0.15, 0.2) is 5.78 Å². The lowest BCUT2D eigenvalue weighted by molar-refractivity contribution is -0.117. The summed E-state index contributed by atoms with van der Waals surface area (Å²) in [4.78, 5) is 11.1. The Labute approximate surface area is 81.7 Å². The number of carbonyl (C=O) groups excluding carboxylic acids is 1. The first kappa shape index (κ1) is 10.2. The Bertz CT molecular complexity index is 332. The molecule has 1 rings (SSSR count). The molecule has 2 N–H and O–H groups in total. The zero-order chi connectivity index (χ0) is 10.0. The number of halogens is 1. The third kappa shape index (κ3) is 2.08. The minimum absolute atomic E-state index is 0.0371. The zero-order valence-electron chi connectivity index (χ0n) is 7.67. The summed E-state index contributed by atoms with van der Waals surface area (Å²) in [6.07, 6.45) is 0.257. The largest absolute Gasteiger partial charge is 0.324 e. The topological polar surface area (TPSA) is 60.9 Å². The third-order valence-corrected chi connectivity index (χ3v) is 2.35. The maximum atomic E-state index is 11.1. The third-order valence-electron chi connectivity index (χ3n) is 1.85. The number of carbonyl (C=O) groups is 1. The van der Waals surface area contributed by atoms with Crippen LogP contribution in [0.4, 0.5) is 0 Å². The van der Waals surface area contributed by atoms with Gasteiger partial charge in [0.25, 0.3) is 0 Å². The van der Waals surface area contributed by atoms with Crippen LogP contribution in [0.2, 0.25) is 5.02 Å². The number of hydrogen-bond acceptors (Lipinski definition) is 3. The number of ketones is 1. The van der Waals surface area contributed by atoms with Crippen LogP contribution in [0.5, 0.6) is 0 Å². The molecule has 13 heavy (non-hydrogen) atoms. The molecule has 0 radical (unpaired) electrons. The Morgan fingerprint density at radius 3 is 2.69 bits per heavy atom.